The van der Waals surface area contributed by atoms with Gasteiger partial charge in [0.25, 0.3) is 11.6 Å². The fourth-order valence-corrected chi connectivity index (χ4v) is 2.87. The first-order chi connectivity index (χ1) is 11.4. The van der Waals surface area contributed by atoms with Gasteiger partial charge in [-0.3, -0.25) is 9.48 Å². The monoisotopic (exact) mass is 327 g/mol. The fourth-order valence-electron chi connectivity index (χ4n) is 2.87. The molecule has 0 saturated heterocycles. The lowest BCUT2D eigenvalue weighted by molar-refractivity contribution is 0.0941. The van der Waals surface area contributed by atoms with Gasteiger partial charge in [-0.1, -0.05) is 5.16 Å². The highest BCUT2D eigenvalue weighted by atomic mass is 16.5. The van der Waals surface area contributed by atoms with E-state index in [0.29, 0.717) is 28.1 Å². The lowest BCUT2D eigenvalue weighted by atomic mass is 10.1. The van der Waals surface area contributed by atoms with Crippen LogP contribution in [0.3, 0.4) is 0 Å². The molecule has 1 N–H and O–H groups in total. The largest absolute Gasteiger partial charge is 0.345 e. The van der Waals surface area contributed by atoms with Crippen LogP contribution in [0.2, 0.25) is 0 Å². The van der Waals surface area contributed by atoms with Crippen LogP contribution in [0, 0.1) is 20.8 Å². The van der Waals surface area contributed by atoms with Crippen LogP contribution in [0.4, 0.5) is 0 Å². The molecule has 1 atom stereocenters. The van der Waals surface area contributed by atoms with Gasteiger partial charge in [0.2, 0.25) is 0 Å². The first-order valence-corrected chi connectivity index (χ1v) is 7.99. The Morgan fingerprint density at radius 1 is 1.33 bits per heavy atom. The Kier molecular flexibility index (Phi) is 4.09. The topological polar surface area (TPSA) is 85.8 Å². The zero-order valence-corrected chi connectivity index (χ0v) is 14.5. The molecule has 0 radical (unpaired) electrons. The van der Waals surface area contributed by atoms with Crippen molar-refractivity contribution in [2.45, 2.75) is 47.2 Å². The van der Waals surface area contributed by atoms with Crippen LogP contribution < -0.4 is 5.32 Å². The van der Waals surface area contributed by atoms with E-state index in [1.807, 2.05) is 38.6 Å². The minimum absolute atomic E-state index is 0.151. The van der Waals surface area contributed by atoms with Gasteiger partial charge in [-0.25, -0.2) is 4.98 Å². The summed E-state index contributed by atoms with van der Waals surface area (Å²) in [6.45, 7) is 10.4. The van der Waals surface area contributed by atoms with E-state index in [1.54, 1.807) is 13.0 Å². The number of aromatic nitrogens is 4. The highest BCUT2D eigenvalue weighted by Gasteiger charge is 2.21. The third-order valence-electron chi connectivity index (χ3n) is 4.11. The third-order valence-corrected chi connectivity index (χ3v) is 4.11. The number of fused-ring (bicyclic) bond motifs is 1. The molecule has 0 aliphatic rings. The summed E-state index contributed by atoms with van der Waals surface area (Å²) in [5.74, 6) is -0.173. The predicted octanol–water partition coefficient (Wildman–Crippen LogP) is 2.86. The smallest absolute Gasteiger partial charge is 0.258 e. The summed E-state index contributed by atoms with van der Waals surface area (Å²) in [7, 11) is 0. The van der Waals surface area contributed by atoms with Crippen LogP contribution in [0.5, 0.6) is 0 Å². The summed E-state index contributed by atoms with van der Waals surface area (Å²) in [4.78, 5) is 17.1. The molecule has 3 aromatic heterocycles. The van der Waals surface area contributed by atoms with Crippen LogP contribution in [-0.4, -0.2) is 25.8 Å². The average molecular weight is 327 g/mol. The number of hydrogen-bond donors (Lipinski definition) is 1. The first-order valence-electron chi connectivity index (χ1n) is 7.99. The number of carbonyl (C=O) groups is 1. The number of nitrogens with zero attached hydrogens (tertiary/aromatic N) is 4. The normalized spacial score (nSPS) is 12.5. The molecule has 0 aromatic carbocycles. The average Bonchev–Trinajstić information content (AvgIpc) is 3.09. The van der Waals surface area contributed by atoms with Gasteiger partial charge in [0.15, 0.2) is 0 Å². The quantitative estimate of drug-likeness (QED) is 0.796. The van der Waals surface area contributed by atoms with Crippen LogP contribution in [-0.2, 0) is 6.54 Å². The lowest BCUT2D eigenvalue weighted by Crippen LogP contribution is -2.27. The van der Waals surface area contributed by atoms with Crippen molar-refractivity contribution < 1.29 is 9.32 Å². The second-order valence-electron chi connectivity index (χ2n) is 5.98. The highest BCUT2D eigenvalue weighted by molar-refractivity contribution is 6.06. The molecule has 3 heterocycles. The Morgan fingerprint density at radius 3 is 2.75 bits per heavy atom. The van der Waals surface area contributed by atoms with Gasteiger partial charge in [-0.15, -0.1) is 0 Å². The van der Waals surface area contributed by atoms with E-state index in [2.05, 4.69) is 20.6 Å². The summed E-state index contributed by atoms with van der Waals surface area (Å²) in [5, 5.41) is 12.0. The molecular formula is C17H21N5O2. The third kappa shape index (κ3) is 2.77. The highest BCUT2D eigenvalue weighted by Crippen LogP contribution is 2.23. The maximum atomic E-state index is 12.8. The number of aryl methyl sites for hydroxylation is 4. The van der Waals surface area contributed by atoms with Gasteiger partial charge < -0.3 is 9.84 Å². The zero-order chi connectivity index (χ0) is 17.4. The SMILES string of the molecule is CCn1cc([C@H](C)NC(=O)c2cc(C)nc3onc(C)c23)c(C)n1. The van der Waals surface area contributed by atoms with Gasteiger partial charge >= 0.3 is 0 Å². The molecule has 126 valence electrons. The van der Waals surface area contributed by atoms with Gasteiger partial charge in [-0.2, -0.15) is 5.10 Å². The van der Waals surface area contributed by atoms with Crippen LogP contribution in [0.25, 0.3) is 11.1 Å². The van der Waals surface area contributed by atoms with Crippen molar-refractivity contribution in [3.63, 3.8) is 0 Å². The summed E-state index contributed by atoms with van der Waals surface area (Å²) in [6.07, 6.45) is 1.97. The Labute approximate surface area is 140 Å². The van der Waals surface area contributed by atoms with Crippen LogP contribution in [0.1, 0.15) is 52.9 Å². The molecule has 1 amide bonds. The van der Waals surface area contributed by atoms with Crippen molar-refractivity contribution in [1.29, 1.82) is 0 Å². The number of nitrogens with one attached hydrogen (secondary N) is 1. The molecule has 7 heteroatoms. The number of carbonyl (C=O) groups excluding carboxylic acids is 1. The van der Waals surface area contributed by atoms with Crippen LogP contribution in [0.15, 0.2) is 16.8 Å². The number of amides is 1. The molecule has 0 aliphatic heterocycles. The summed E-state index contributed by atoms with van der Waals surface area (Å²) in [5.41, 5.74) is 4.22. The Hall–Kier alpha value is -2.70. The molecule has 3 aromatic rings. The Morgan fingerprint density at radius 2 is 2.08 bits per heavy atom. The molecule has 3 rings (SSSR count). The fraction of sp³-hybridized carbons (Fsp3) is 0.412. The van der Waals surface area contributed by atoms with E-state index in [-0.39, 0.29) is 11.9 Å². The molecule has 7 nitrogen and oxygen atoms in total. The zero-order valence-electron chi connectivity index (χ0n) is 14.5. The lowest BCUT2D eigenvalue weighted by Gasteiger charge is -2.14. The van der Waals surface area contributed by atoms with Gasteiger partial charge in [-0.05, 0) is 40.7 Å². The summed E-state index contributed by atoms with van der Waals surface area (Å²) >= 11 is 0. The summed E-state index contributed by atoms with van der Waals surface area (Å²) < 4.78 is 7.06. The molecule has 0 unspecified atom stereocenters. The molecule has 0 fully saturated rings. The van der Waals surface area contributed by atoms with Crippen LogP contribution >= 0.6 is 0 Å². The molecule has 0 saturated carbocycles. The van der Waals surface area contributed by atoms with Crippen molar-refractivity contribution in [2.24, 2.45) is 0 Å². The first kappa shape index (κ1) is 16.2. The van der Waals surface area contributed by atoms with E-state index in [9.17, 15) is 4.79 Å². The minimum atomic E-state index is -0.173. The summed E-state index contributed by atoms with van der Waals surface area (Å²) in [6, 6.07) is 1.61. The van der Waals surface area contributed by atoms with Gasteiger partial charge in [0.1, 0.15) is 0 Å². The standard InChI is InChI=1S/C17H21N5O2/c1-6-22-8-14(11(4)20-22)10(3)19-16(23)13-7-9(2)18-17-15(13)12(5)21-24-17/h7-8,10H,6H2,1-5H3,(H,19,23)/t10-/m0/s1. The Bertz CT molecular complexity index is 909. The molecule has 0 spiro atoms. The van der Waals surface area contributed by atoms with E-state index in [1.165, 1.54) is 0 Å². The van der Waals surface area contributed by atoms with Gasteiger partial charge in [0.05, 0.1) is 28.4 Å². The van der Waals surface area contributed by atoms with E-state index in [0.717, 1.165) is 17.8 Å². The maximum absolute atomic E-state index is 12.8. The molecule has 0 aliphatic carbocycles. The van der Waals surface area contributed by atoms with Crippen molar-refractivity contribution in [2.75, 3.05) is 0 Å². The number of pyridine rings is 1. The number of rotatable bonds is 4. The minimum Gasteiger partial charge on any atom is -0.345 e. The van der Waals surface area contributed by atoms with Crippen molar-refractivity contribution >= 4 is 17.0 Å². The van der Waals surface area contributed by atoms with Crippen molar-refractivity contribution in [3.8, 4) is 0 Å². The number of hydrogen-bond acceptors (Lipinski definition) is 5. The second-order valence-corrected chi connectivity index (χ2v) is 5.98. The van der Waals surface area contributed by atoms with Crippen molar-refractivity contribution in [3.05, 3.63) is 40.5 Å². The molecule has 0 bridgehead atoms. The maximum Gasteiger partial charge on any atom is 0.258 e. The Balaban J connectivity index is 1.92. The molecule has 24 heavy (non-hydrogen) atoms. The van der Waals surface area contributed by atoms with E-state index >= 15 is 0 Å². The van der Waals surface area contributed by atoms with E-state index < -0.39 is 0 Å². The predicted molar refractivity (Wildman–Crippen MR) is 89.8 cm³/mol. The van der Waals surface area contributed by atoms with E-state index in [4.69, 9.17) is 4.52 Å². The second kappa shape index (κ2) is 6.07. The molecular weight excluding hydrogens is 306 g/mol. The van der Waals surface area contributed by atoms with Gasteiger partial charge in [0, 0.05) is 24.0 Å². The van der Waals surface area contributed by atoms with Crippen molar-refractivity contribution in [1.82, 2.24) is 25.2 Å².